The van der Waals surface area contributed by atoms with Crippen LogP contribution in [-0.4, -0.2) is 16.8 Å². The Morgan fingerprint density at radius 1 is 0.929 bits per heavy atom. The average Bonchev–Trinajstić information content (AvgIpc) is 2.73. The summed E-state index contributed by atoms with van der Waals surface area (Å²) in [5.74, 6) is -0.643. The number of halogens is 1. The average molecular weight is 394 g/mol. The van der Waals surface area contributed by atoms with Gasteiger partial charge in [0.25, 0.3) is 11.8 Å². The van der Waals surface area contributed by atoms with Gasteiger partial charge in [0.1, 0.15) is 5.69 Å². The van der Waals surface area contributed by atoms with E-state index in [9.17, 15) is 9.59 Å². The summed E-state index contributed by atoms with van der Waals surface area (Å²) in [5, 5.41) is 6.25. The molecule has 1 heterocycles. The highest BCUT2D eigenvalue weighted by molar-refractivity contribution is 6.30. The topological polar surface area (TPSA) is 71.1 Å². The predicted molar refractivity (Wildman–Crippen MR) is 111 cm³/mol. The van der Waals surface area contributed by atoms with E-state index in [0.717, 1.165) is 12.0 Å². The molecule has 2 amide bonds. The van der Waals surface area contributed by atoms with Gasteiger partial charge >= 0.3 is 0 Å². The molecular formula is C22H20ClN3O2. The van der Waals surface area contributed by atoms with Crippen LogP contribution in [0.3, 0.4) is 0 Å². The van der Waals surface area contributed by atoms with Crippen LogP contribution in [0.1, 0.15) is 38.9 Å². The Bertz CT molecular complexity index is 970. The van der Waals surface area contributed by atoms with E-state index in [4.69, 9.17) is 11.6 Å². The molecule has 6 heteroatoms. The van der Waals surface area contributed by atoms with Gasteiger partial charge in [-0.25, -0.2) is 0 Å². The Labute approximate surface area is 168 Å². The molecule has 2 N–H and O–H groups in total. The Morgan fingerprint density at radius 2 is 1.61 bits per heavy atom. The number of benzene rings is 2. The fraction of sp³-hybridized carbons (Fsp3) is 0.136. The van der Waals surface area contributed by atoms with E-state index in [1.54, 1.807) is 18.2 Å². The minimum absolute atomic E-state index is 0.183. The maximum Gasteiger partial charge on any atom is 0.270 e. The van der Waals surface area contributed by atoms with Crippen molar-refractivity contribution in [2.75, 3.05) is 5.32 Å². The molecular weight excluding hydrogens is 374 g/mol. The lowest BCUT2D eigenvalue weighted by Gasteiger charge is -2.08. The standard InChI is InChI=1S/C22H20ClN3O2/c1-2-15-5-9-19(10-6-15)26-21(27)17-11-12-24-20(13-17)22(28)25-14-16-3-7-18(23)8-4-16/h3-13H,2,14H2,1H3,(H,25,28)(H,26,27). The van der Waals surface area contributed by atoms with E-state index in [1.807, 2.05) is 36.4 Å². The van der Waals surface area contributed by atoms with Crippen molar-refractivity contribution in [2.24, 2.45) is 0 Å². The maximum atomic E-state index is 12.5. The zero-order valence-corrected chi connectivity index (χ0v) is 16.2. The molecule has 0 radical (unpaired) electrons. The van der Waals surface area contributed by atoms with Crippen LogP contribution in [0.15, 0.2) is 66.9 Å². The third-order valence-electron chi connectivity index (χ3n) is 4.24. The SMILES string of the molecule is CCc1ccc(NC(=O)c2ccnc(C(=O)NCc3ccc(Cl)cc3)c2)cc1. The summed E-state index contributed by atoms with van der Waals surface area (Å²) < 4.78 is 0. The van der Waals surface area contributed by atoms with Crippen molar-refractivity contribution in [3.8, 4) is 0 Å². The second kappa shape index (κ2) is 9.15. The van der Waals surface area contributed by atoms with Crippen molar-refractivity contribution in [1.82, 2.24) is 10.3 Å². The van der Waals surface area contributed by atoms with Gasteiger partial charge in [-0.2, -0.15) is 0 Å². The molecule has 0 fully saturated rings. The molecule has 1 aromatic heterocycles. The van der Waals surface area contributed by atoms with Crippen molar-refractivity contribution in [2.45, 2.75) is 19.9 Å². The summed E-state index contributed by atoms with van der Waals surface area (Å²) in [6.07, 6.45) is 2.39. The zero-order chi connectivity index (χ0) is 19.9. The Morgan fingerprint density at radius 3 is 2.29 bits per heavy atom. The Balaban J connectivity index is 1.64. The summed E-state index contributed by atoms with van der Waals surface area (Å²) in [4.78, 5) is 28.9. The van der Waals surface area contributed by atoms with Crippen LogP contribution < -0.4 is 10.6 Å². The minimum Gasteiger partial charge on any atom is -0.347 e. The summed E-state index contributed by atoms with van der Waals surface area (Å²) in [6, 6.07) is 17.9. The highest BCUT2D eigenvalue weighted by Gasteiger charge is 2.12. The van der Waals surface area contributed by atoms with Gasteiger partial charge in [0, 0.05) is 29.0 Å². The molecule has 0 bridgehead atoms. The molecule has 0 unspecified atom stereocenters. The van der Waals surface area contributed by atoms with Gasteiger partial charge in [0.2, 0.25) is 0 Å². The van der Waals surface area contributed by atoms with Crippen LogP contribution in [0.25, 0.3) is 0 Å². The summed E-state index contributed by atoms with van der Waals surface area (Å²) >= 11 is 5.86. The second-order valence-electron chi connectivity index (χ2n) is 6.24. The largest absolute Gasteiger partial charge is 0.347 e. The Hall–Kier alpha value is -3.18. The van der Waals surface area contributed by atoms with Crippen molar-refractivity contribution < 1.29 is 9.59 Å². The van der Waals surface area contributed by atoms with Crippen molar-refractivity contribution in [1.29, 1.82) is 0 Å². The zero-order valence-electron chi connectivity index (χ0n) is 15.4. The molecule has 142 valence electrons. The number of nitrogens with one attached hydrogen (secondary N) is 2. The van der Waals surface area contributed by atoms with E-state index in [1.165, 1.54) is 17.8 Å². The van der Waals surface area contributed by atoms with Crippen LogP contribution in [0, 0.1) is 0 Å². The maximum absolute atomic E-state index is 12.5. The van der Waals surface area contributed by atoms with Gasteiger partial charge in [-0.15, -0.1) is 0 Å². The van der Waals surface area contributed by atoms with E-state index >= 15 is 0 Å². The van der Waals surface area contributed by atoms with Crippen LogP contribution >= 0.6 is 11.6 Å². The molecule has 0 atom stereocenters. The van der Waals surface area contributed by atoms with Gasteiger partial charge in [0.15, 0.2) is 0 Å². The monoisotopic (exact) mass is 393 g/mol. The number of aromatic nitrogens is 1. The number of rotatable bonds is 6. The number of anilines is 1. The van der Waals surface area contributed by atoms with E-state index in [2.05, 4.69) is 22.5 Å². The lowest BCUT2D eigenvalue weighted by Crippen LogP contribution is -2.24. The molecule has 5 nitrogen and oxygen atoms in total. The molecule has 0 saturated carbocycles. The number of aryl methyl sites for hydroxylation is 1. The van der Waals surface area contributed by atoms with Crippen molar-refractivity contribution in [3.63, 3.8) is 0 Å². The van der Waals surface area contributed by atoms with E-state index < -0.39 is 0 Å². The highest BCUT2D eigenvalue weighted by atomic mass is 35.5. The minimum atomic E-state index is -0.350. The summed E-state index contributed by atoms with van der Waals surface area (Å²) in [7, 11) is 0. The molecule has 28 heavy (non-hydrogen) atoms. The molecule has 0 aliphatic carbocycles. The lowest BCUT2D eigenvalue weighted by atomic mass is 10.1. The first-order valence-corrected chi connectivity index (χ1v) is 9.32. The van der Waals surface area contributed by atoms with Crippen molar-refractivity contribution in [3.05, 3.63) is 94.3 Å². The van der Waals surface area contributed by atoms with Crippen LogP contribution in [0.2, 0.25) is 5.02 Å². The first kappa shape index (κ1) is 19.6. The fourth-order valence-electron chi connectivity index (χ4n) is 2.60. The third kappa shape index (κ3) is 5.18. The van der Waals surface area contributed by atoms with E-state index in [-0.39, 0.29) is 17.5 Å². The molecule has 3 aromatic rings. The smallest absolute Gasteiger partial charge is 0.270 e. The van der Waals surface area contributed by atoms with Gasteiger partial charge < -0.3 is 10.6 Å². The summed E-state index contributed by atoms with van der Waals surface area (Å²) in [6.45, 7) is 2.42. The highest BCUT2D eigenvalue weighted by Crippen LogP contribution is 2.13. The fourth-order valence-corrected chi connectivity index (χ4v) is 2.72. The number of carbonyl (C=O) groups excluding carboxylic acids is 2. The summed E-state index contributed by atoms with van der Waals surface area (Å²) in [5.41, 5.74) is 3.37. The molecule has 2 aromatic carbocycles. The first-order chi connectivity index (χ1) is 13.5. The third-order valence-corrected chi connectivity index (χ3v) is 4.49. The molecule has 0 saturated heterocycles. The van der Waals surface area contributed by atoms with Gasteiger partial charge in [-0.1, -0.05) is 42.8 Å². The number of hydrogen-bond acceptors (Lipinski definition) is 3. The number of hydrogen-bond donors (Lipinski definition) is 2. The number of nitrogens with zero attached hydrogens (tertiary/aromatic N) is 1. The second-order valence-corrected chi connectivity index (χ2v) is 6.68. The van der Waals surface area contributed by atoms with Gasteiger partial charge in [0.05, 0.1) is 0 Å². The molecule has 3 rings (SSSR count). The Kier molecular flexibility index (Phi) is 6.40. The van der Waals surface area contributed by atoms with Crippen LogP contribution in [0.4, 0.5) is 5.69 Å². The number of carbonyl (C=O) groups is 2. The quantitative estimate of drug-likeness (QED) is 0.648. The van der Waals surface area contributed by atoms with Crippen LogP contribution in [0.5, 0.6) is 0 Å². The first-order valence-electron chi connectivity index (χ1n) is 8.94. The molecule has 0 aliphatic rings. The van der Waals surface area contributed by atoms with Gasteiger partial charge in [-0.3, -0.25) is 14.6 Å². The number of pyridine rings is 1. The molecule has 0 aliphatic heterocycles. The number of amides is 2. The van der Waals surface area contributed by atoms with E-state index in [0.29, 0.717) is 22.8 Å². The normalized spacial score (nSPS) is 10.4. The van der Waals surface area contributed by atoms with Gasteiger partial charge in [-0.05, 0) is 53.9 Å². The molecule has 0 spiro atoms. The predicted octanol–water partition coefficient (Wildman–Crippen LogP) is 4.48. The van der Waals surface area contributed by atoms with Crippen LogP contribution in [-0.2, 0) is 13.0 Å². The lowest BCUT2D eigenvalue weighted by molar-refractivity contribution is 0.0946. The van der Waals surface area contributed by atoms with Crippen molar-refractivity contribution >= 4 is 29.1 Å².